The van der Waals surface area contributed by atoms with Crippen molar-refractivity contribution < 1.29 is 28.8 Å². The van der Waals surface area contributed by atoms with Gasteiger partial charge >= 0.3 is 5.97 Å². The first kappa shape index (κ1) is 19.7. The van der Waals surface area contributed by atoms with Gasteiger partial charge in [-0.2, -0.15) is 0 Å². The van der Waals surface area contributed by atoms with E-state index in [2.05, 4.69) is 0 Å². The van der Waals surface area contributed by atoms with Crippen molar-refractivity contribution in [3.63, 3.8) is 0 Å². The highest BCUT2D eigenvalue weighted by Crippen LogP contribution is 2.22. The van der Waals surface area contributed by atoms with Crippen LogP contribution >= 0.6 is 0 Å². The standard InChI is InChI=1S/C21H21FN2O4/c1-2-28-21(27)15-7-9-16(10-8-15)24-19(25)13-18(20(24)26)23-12-11-14-5-3-4-6-17(14)22/h3-10,18,23H,2,11-13H2,1H3/p+1/t18-/m0/s1. The first-order valence-corrected chi connectivity index (χ1v) is 9.22. The van der Waals surface area contributed by atoms with E-state index in [1.807, 2.05) is 0 Å². The highest BCUT2D eigenvalue weighted by atomic mass is 19.1. The molecule has 1 fully saturated rings. The van der Waals surface area contributed by atoms with Crippen LogP contribution in [0.5, 0.6) is 0 Å². The Hall–Kier alpha value is -3.06. The number of anilines is 1. The minimum atomic E-state index is -0.524. The molecule has 2 amide bonds. The molecule has 2 aromatic carbocycles. The third-order valence-corrected chi connectivity index (χ3v) is 4.64. The number of esters is 1. The minimum Gasteiger partial charge on any atom is -0.462 e. The largest absolute Gasteiger partial charge is 0.462 e. The van der Waals surface area contributed by atoms with Crippen LogP contribution in [0, 0.1) is 5.82 Å². The number of hydrogen-bond acceptors (Lipinski definition) is 4. The summed E-state index contributed by atoms with van der Waals surface area (Å²) >= 11 is 0. The minimum absolute atomic E-state index is 0.0930. The van der Waals surface area contributed by atoms with Crippen molar-refractivity contribution in [1.82, 2.24) is 0 Å². The van der Waals surface area contributed by atoms with Crippen LogP contribution in [0.15, 0.2) is 48.5 Å². The summed E-state index contributed by atoms with van der Waals surface area (Å²) in [4.78, 5) is 37.8. The molecule has 0 aliphatic carbocycles. The molecule has 1 heterocycles. The number of rotatable bonds is 7. The lowest BCUT2D eigenvalue weighted by molar-refractivity contribution is -0.674. The van der Waals surface area contributed by atoms with Gasteiger partial charge < -0.3 is 10.1 Å². The summed E-state index contributed by atoms with van der Waals surface area (Å²) in [5, 5.41) is 1.78. The molecule has 1 aliphatic heterocycles. The number of quaternary nitrogens is 1. The Balaban J connectivity index is 1.61. The molecule has 7 heteroatoms. The van der Waals surface area contributed by atoms with Crippen molar-refractivity contribution in [3.05, 3.63) is 65.5 Å². The third-order valence-electron chi connectivity index (χ3n) is 4.64. The summed E-state index contributed by atoms with van der Waals surface area (Å²) in [6.45, 7) is 2.49. The summed E-state index contributed by atoms with van der Waals surface area (Å²) in [5.41, 5.74) is 1.37. The predicted molar refractivity (Wildman–Crippen MR) is 100 cm³/mol. The van der Waals surface area contributed by atoms with Gasteiger partial charge in [-0.15, -0.1) is 0 Å². The second-order valence-corrected chi connectivity index (χ2v) is 6.51. The molecule has 3 rings (SSSR count). The van der Waals surface area contributed by atoms with E-state index in [0.29, 0.717) is 29.8 Å². The molecule has 2 N–H and O–H groups in total. The smallest absolute Gasteiger partial charge is 0.338 e. The maximum atomic E-state index is 13.7. The lowest BCUT2D eigenvalue weighted by atomic mass is 10.1. The number of halogens is 1. The quantitative estimate of drug-likeness (QED) is 0.578. The fraction of sp³-hybridized carbons (Fsp3) is 0.286. The Morgan fingerprint density at radius 2 is 1.89 bits per heavy atom. The van der Waals surface area contributed by atoms with Crippen LogP contribution in [0.4, 0.5) is 10.1 Å². The van der Waals surface area contributed by atoms with E-state index in [0.717, 1.165) is 4.90 Å². The molecule has 1 aliphatic rings. The van der Waals surface area contributed by atoms with E-state index < -0.39 is 12.0 Å². The summed E-state index contributed by atoms with van der Waals surface area (Å²) in [5.74, 6) is -1.32. The number of imide groups is 1. The van der Waals surface area contributed by atoms with Crippen molar-refractivity contribution in [2.45, 2.75) is 25.8 Å². The summed E-state index contributed by atoms with van der Waals surface area (Å²) in [6, 6.07) is 12.2. The van der Waals surface area contributed by atoms with Crippen LogP contribution in [0.3, 0.4) is 0 Å². The lowest BCUT2D eigenvalue weighted by Gasteiger charge is -2.14. The van der Waals surface area contributed by atoms with Gasteiger partial charge in [-0.1, -0.05) is 18.2 Å². The lowest BCUT2D eigenvalue weighted by Crippen LogP contribution is -2.92. The normalized spacial score (nSPS) is 16.5. The first-order chi connectivity index (χ1) is 13.5. The Morgan fingerprint density at radius 3 is 2.57 bits per heavy atom. The van der Waals surface area contributed by atoms with Gasteiger partial charge in [0, 0.05) is 6.42 Å². The zero-order valence-electron chi connectivity index (χ0n) is 15.6. The molecule has 0 radical (unpaired) electrons. The van der Waals surface area contributed by atoms with Crippen molar-refractivity contribution in [1.29, 1.82) is 0 Å². The molecular weight excluding hydrogens is 363 g/mol. The highest BCUT2D eigenvalue weighted by Gasteiger charge is 2.42. The fourth-order valence-corrected chi connectivity index (χ4v) is 3.21. The average Bonchev–Trinajstić information content (AvgIpc) is 2.97. The summed E-state index contributed by atoms with van der Waals surface area (Å²) in [6.07, 6.45) is 0.564. The molecule has 0 aromatic heterocycles. The topological polar surface area (TPSA) is 80.3 Å². The van der Waals surface area contributed by atoms with Gasteiger partial charge in [-0.25, -0.2) is 14.1 Å². The summed E-state index contributed by atoms with van der Waals surface area (Å²) in [7, 11) is 0. The molecule has 6 nitrogen and oxygen atoms in total. The van der Waals surface area contributed by atoms with Gasteiger partial charge in [0.2, 0.25) is 5.91 Å². The van der Waals surface area contributed by atoms with Crippen molar-refractivity contribution in [3.8, 4) is 0 Å². The molecule has 146 valence electrons. The molecule has 28 heavy (non-hydrogen) atoms. The maximum absolute atomic E-state index is 13.7. The molecule has 0 bridgehead atoms. The van der Waals surface area contributed by atoms with Gasteiger partial charge in [0.15, 0.2) is 6.04 Å². The van der Waals surface area contributed by atoms with Crippen LogP contribution < -0.4 is 10.2 Å². The van der Waals surface area contributed by atoms with Crippen molar-refractivity contribution in [2.75, 3.05) is 18.1 Å². The number of benzene rings is 2. The molecule has 0 unspecified atom stereocenters. The Kier molecular flexibility index (Phi) is 6.16. The molecule has 1 saturated heterocycles. The molecular formula is C21H22FN2O4+. The van der Waals surface area contributed by atoms with Crippen LogP contribution in [0.25, 0.3) is 0 Å². The zero-order valence-corrected chi connectivity index (χ0v) is 15.6. The zero-order chi connectivity index (χ0) is 20.1. The van der Waals surface area contributed by atoms with Gasteiger partial charge in [0.25, 0.3) is 5.91 Å². The Bertz CT molecular complexity index is 882. The number of ether oxygens (including phenoxy) is 1. The summed E-state index contributed by atoms with van der Waals surface area (Å²) < 4.78 is 18.6. The van der Waals surface area contributed by atoms with E-state index >= 15 is 0 Å². The van der Waals surface area contributed by atoms with E-state index in [9.17, 15) is 18.8 Å². The SMILES string of the molecule is CCOC(=O)c1ccc(N2C(=O)C[C@H]([NH2+]CCc3ccccc3F)C2=O)cc1. The Labute approximate surface area is 162 Å². The second kappa shape index (κ2) is 8.75. The second-order valence-electron chi connectivity index (χ2n) is 6.51. The molecule has 0 spiro atoms. The van der Waals surface area contributed by atoms with Crippen LogP contribution in [-0.2, 0) is 20.7 Å². The third kappa shape index (κ3) is 4.26. The number of carbonyl (C=O) groups is 3. The number of hydrogen-bond donors (Lipinski definition) is 1. The van der Waals surface area contributed by atoms with Crippen LogP contribution in [0.1, 0.15) is 29.3 Å². The average molecular weight is 385 g/mol. The molecule has 2 aromatic rings. The Morgan fingerprint density at radius 1 is 1.18 bits per heavy atom. The van der Waals surface area contributed by atoms with Gasteiger partial charge in [-0.05, 0) is 42.8 Å². The number of carbonyl (C=O) groups excluding carboxylic acids is 3. The molecule has 0 saturated carbocycles. The van der Waals surface area contributed by atoms with Gasteiger partial charge in [0.05, 0.1) is 30.8 Å². The number of nitrogens with two attached hydrogens (primary N) is 1. The highest BCUT2D eigenvalue weighted by molar-refractivity contribution is 6.21. The van der Waals surface area contributed by atoms with E-state index in [1.165, 1.54) is 18.2 Å². The van der Waals surface area contributed by atoms with E-state index in [4.69, 9.17) is 4.74 Å². The van der Waals surface area contributed by atoms with E-state index in [1.54, 1.807) is 42.6 Å². The van der Waals surface area contributed by atoms with Crippen molar-refractivity contribution in [2.24, 2.45) is 0 Å². The van der Waals surface area contributed by atoms with Crippen LogP contribution in [0.2, 0.25) is 0 Å². The van der Waals surface area contributed by atoms with Crippen molar-refractivity contribution >= 4 is 23.5 Å². The predicted octanol–water partition coefficient (Wildman–Crippen LogP) is 1.44. The van der Waals surface area contributed by atoms with Gasteiger partial charge in [-0.3, -0.25) is 9.59 Å². The first-order valence-electron chi connectivity index (χ1n) is 9.22. The monoisotopic (exact) mass is 385 g/mol. The van der Waals surface area contributed by atoms with Gasteiger partial charge in [0.1, 0.15) is 5.82 Å². The number of nitrogens with zero attached hydrogens (tertiary/aromatic N) is 1. The fourth-order valence-electron chi connectivity index (χ4n) is 3.21. The maximum Gasteiger partial charge on any atom is 0.338 e. The molecule has 1 atom stereocenters. The number of amides is 2. The van der Waals surface area contributed by atoms with E-state index in [-0.39, 0.29) is 30.7 Å². The van der Waals surface area contributed by atoms with Crippen LogP contribution in [-0.4, -0.2) is 37.0 Å².